The van der Waals surface area contributed by atoms with E-state index in [4.69, 9.17) is 4.74 Å². The average molecular weight is 330 g/mol. The summed E-state index contributed by atoms with van der Waals surface area (Å²) in [6, 6.07) is 8.09. The van der Waals surface area contributed by atoms with Crippen molar-refractivity contribution in [2.45, 2.75) is 45.6 Å². The van der Waals surface area contributed by atoms with Gasteiger partial charge in [-0.2, -0.15) is 0 Å². The van der Waals surface area contributed by atoms with Crippen molar-refractivity contribution in [3.63, 3.8) is 0 Å². The molecule has 4 nitrogen and oxygen atoms in total. The zero-order valence-corrected chi connectivity index (χ0v) is 15.1. The Kier molecular flexibility index (Phi) is 5.44. The summed E-state index contributed by atoms with van der Waals surface area (Å²) < 4.78 is 5.95. The van der Waals surface area contributed by atoms with Crippen LogP contribution in [0, 0.1) is 11.8 Å². The molecule has 0 saturated carbocycles. The van der Waals surface area contributed by atoms with E-state index in [0.717, 1.165) is 56.6 Å². The van der Waals surface area contributed by atoms with Gasteiger partial charge in [-0.3, -0.25) is 4.79 Å². The van der Waals surface area contributed by atoms with Gasteiger partial charge >= 0.3 is 0 Å². The van der Waals surface area contributed by atoms with Gasteiger partial charge in [0.15, 0.2) is 6.10 Å². The SMILES string of the molecule is CC(Oc1cccc(C(C)C)c1)C(=O)N1CC[C@@H]2CNC[C@@H]2CC1. The molecule has 132 valence electrons. The van der Waals surface area contributed by atoms with Crippen molar-refractivity contribution in [3.05, 3.63) is 29.8 Å². The molecule has 1 aromatic rings. The average Bonchev–Trinajstić information content (AvgIpc) is 2.93. The fourth-order valence-electron chi connectivity index (χ4n) is 3.90. The molecule has 2 aliphatic rings. The summed E-state index contributed by atoms with van der Waals surface area (Å²) in [6.45, 7) is 10.1. The van der Waals surface area contributed by atoms with Gasteiger partial charge in [-0.15, -0.1) is 0 Å². The highest BCUT2D eigenvalue weighted by molar-refractivity contribution is 5.81. The standard InChI is InChI=1S/C20H30N2O2/c1-14(2)16-5-4-6-19(11-16)24-15(3)20(23)22-9-7-17-12-21-13-18(17)8-10-22/h4-6,11,14-15,17-18,21H,7-10,12-13H2,1-3H3/t15?,17-,18+. The number of carbonyl (C=O) groups excluding carboxylic acids is 1. The zero-order valence-electron chi connectivity index (χ0n) is 15.1. The summed E-state index contributed by atoms with van der Waals surface area (Å²) in [5.74, 6) is 2.84. The van der Waals surface area contributed by atoms with Crippen LogP contribution in [0.5, 0.6) is 5.75 Å². The number of hydrogen-bond acceptors (Lipinski definition) is 3. The zero-order chi connectivity index (χ0) is 17.1. The summed E-state index contributed by atoms with van der Waals surface area (Å²) in [5, 5.41) is 3.48. The lowest BCUT2D eigenvalue weighted by Crippen LogP contribution is -2.41. The number of rotatable bonds is 4. The molecule has 0 radical (unpaired) electrons. The van der Waals surface area contributed by atoms with E-state index in [0.29, 0.717) is 5.92 Å². The minimum Gasteiger partial charge on any atom is -0.481 e. The smallest absolute Gasteiger partial charge is 0.263 e. The molecule has 2 fully saturated rings. The molecule has 2 saturated heterocycles. The lowest BCUT2D eigenvalue weighted by molar-refractivity contribution is -0.137. The van der Waals surface area contributed by atoms with Gasteiger partial charge in [0.25, 0.3) is 5.91 Å². The molecule has 1 amide bonds. The van der Waals surface area contributed by atoms with E-state index < -0.39 is 6.10 Å². The Morgan fingerprint density at radius 1 is 1.17 bits per heavy atom. The maximum absolute atomic E-state index is 12.8. The highest BCUT2D eigenvalue weighted by Crippen LogP contribution is 2.27. The highest BCUT2D eigenvalue weighted by Gasteiger charge is 2.32. The molecule has 1 N–H and O–H groups in total. The molecular formula is C20H30N2O2. The number of amides is 1. The van der Waals surface area contributed by atoms with Crippen molar-refractivity contribution in [2.75, 3.05) is 26.2 Å². The molecule has 0 spiro atoms. The van der Waals surface area contributed by atoms with Crippen molar-refractivity contribution in [2.24, 2.45) is 11.8 Å². The lowest BCUT2D eigenvalue weighted by atomic mass is 9.92. The third-order valence-electron chi connectivity index (χ3n) is 5.52. The quantitative estimate of drug-likeness (QED) is 0.922. The minimum atomic E-state index is -0.427. The first-order chi connectivity index (χ1) is 11.5. The lowest BCUT2D eigenvalue weighted by Gasteiger charge is -2.25. The van der Waals surface area contributed by atoms with Gasteiger partial charge in [-0.1, -0.05) is 26.0 Å². The largest absolute Gasteiger partial charge is 0.481 e. The molecule has 1 aromatic carbocycles. The molecule has 24 heavy (non-hydrogen) atoms. The second kappa shape index (κ2) is 7.56. The molecule has 3 rings (SSSR count). The van der Waals surface area contributed by atoms with Crippen LogP contribution >= 0.6 is 0 Å². The van der Waals surface area contributed by atoms with Crippen LogP contribution in [-0.4, -0.2) is 43.1 Å². The second-order valence-electron chi connectivity index (χ2n) is 7.57. The predicted molar refractivity (Wildman–Crippen MR) is 96.3 cm³/mol. The van der Waals surface area contributed by atoms with E-state index in [1.807, 2.05) is 30.0 Å². The van der Waals surface area contributed by atoms with Gasteiger partial charge in [0, 0.05) is 13.1 Å². The van der Waals surface area contributed by atoms with E-state index in [1.54, 1.807) is 0 Å². The second-order valence-corrected chi connectivity index (χ2v) is 7.57. The third kappa shape index (κ3) is 3.92. The summed E-state index contributed by atoms with van der Waals surface area (Å²) in [6.07, 6.45) is 1.79. The Morgan fingerprint density at radius 2 is 1.83 bits per heavy atom. The van der Waals surface area contributed by atoms with Crippen LogP contribution in [0.2, 0.25) is 0 Å². The molecule has 2 heterocycles. The van der Waals surface area contributed by atoms with Crippen LogP contribution in [0.25, 0.3) is 0 Å². The van der Waals surface area contributed by atoms with Crippen LogP contribution in [0.3, 0.4) is 0 Å². The van der Waals surface area contributed by atoms with E-state index in [2.05, 4.69) is 25.2 Å². The number of benzene rings is 1. The van der Waals surface area contributed by atoms with Gasteiger partial charge in [0.2, 0.25) is 0 Å². The molecule has 2 aliphatic heterocycles. The normalized spacial score (nSPS) is 25.2. The molecule has 0 aliphatic carbocycles. The van der Waals surface area contributed by atoms with Crippen LogP contribution in [0.1, 0.15) is 45.1 Å². The maximum Gasteiger partial charge on any atom is 0.263 e. The number of hydrogen-bond donors (Lipinski definition) is 1. The van der Waals surface area contributed by atoms with Crippen molar-refractivity contribution >= 4 is 5.91 Å². The van der Waals surface area contributed by atoms with Crippen LogP contribution in [0.15, 0.2) is 24.3 Å². The highest BCUT2D eigenvalue weighted by atomic mass is 16.5. The van der Waals surface area contributed by atoms with E-state index in [1.165, 1.54) is 5.56 Å². The van der Waals surface area contributed by atoms with Crippen LogP contribution in [-0.2, 0) is 4.79 Å². The maximum atomic E-state index is 12.8. The van der Waals surface area contributed by atoms with Crippen LogP contribution in [0.4, 0.5) is 0 Å². The number of nitrogens with one attached hydrogen (secondary N) is 1. The summed E-state index contributed by atoms with van der Waals surface area (Å²) in [7, 11) is 0. The number of carbonyl (C=O) groups is 1. The first-order valence-electron chi connectivity index (χ1n) is 9.30. The monoisotopic (exact) mass is 330 g/mol. The fourth-order valence-corrected chi connectivity index (χ4v) is 3.90. The van der Waals surface area contributed by atoms with E-state index in [9.17, 15) is 4.79 Å². The Hall–Kier alpha value is -1.55. The number of ether oxygens (including phenoxy) is 1. The van der Waals surface area contributed by atoms with Gasteiger partial charge < -0.3 is 15.0 Å². The van der Waals surface area contributed by atoms with Gasteiger partial charge in [-0.05, 0) is 68.3 Å². The Bertz CT molecular complexity index is 559. The van der Waals surface area contributed by atoms with Crippen molar-refractivity contribution < 1.29 is 9.53 Å². The number of likely N-dealkylation sites (tertiary alicyclic amines) is 1. The fraction of sp³-hybridized carbons (Fsp3) is 0.650. The first-order valence-corrected chi connectivity index (χ1v) is 9.30. The summed E-state index contributed by atoms with van der Waals surface area (Å²) >= 11 is 0. The summed E-state index contributed by atoms with van der Waals surface area (Å²) in [5.41, 5.74) is 1.24. The number of fused-ring (bicyclic) bond motifs is 1. The van der Waals surface area contributed by atoms with Gasteiger partial charge in [0.05, 0.1) is 0 Å². The van der Waals surface area contributed by atoms with Gasteiger partial charge in [-0.25, -0.2) is 0 Å². The molecule has 4 heteroatoms. The predicted octanol–water partition coefficient (Wildman–Crippen LogP) is 3.04. The van der Waals surface area contributed by atoms with Gasteiger partial charge in [0.1, 0.15) is 5.75 Å². The van der Waals surface area contributed by atoms with E-state index in [-0.39, 0.29) is 5.91 Å². The molecular weight excluding hydrogens is 300 g/mol. The first kappa shape index (κ1) is 17.3. The Morgan fingerprint density at radius 3 is 2.46 bits per heavy atom. The Labute approximate surface area is 145 Å². The molecule has 0 aromatic heterocycles. The molecule has 0 bridgehead atoms. The van der Waals surface area contributed by atoms with Crippen molar-refractivity contribution in [1.82, 2.24) is 10.2 Å². The van der Waals surface area contributed by atoms with Crippen molar-refractivity contribution in [1.29, 1.82) is 0 Å². The summed E-state index contributed by atoms with van der Waals surface area (Å²) in [4.78, 5) is 14.8. The number of nitrogens with zero attached hydrogens (tertiary/aromatic N) is 1. The molecule has 1 unspecified atom stereocenters. The van der Waals surface area contributed by atoms with Crippen LogP contribution < -0.4 is 10.1 Å². The minimum absolute atomic E-state index is 0.123. The molecule has 3 atom stereocenters. The topological polar surface area (TPSA) is 41.6 Å². The van der Waals surface area contributed by atoms with E-state index >= 15 is 0 Å². The Balaban J connectivity index is 1.59. The van der Waals surface area contributed by atoms with Crippen molar-refractivity contribution in [3.8, 4) is 5.75 Å². The third-order valence-corrected chi connectivity index (χ3v) is 5.52.